The smallest absolute Gasteiger partial charge is 0.267 e. The van der Waals surface area contributed by atoms with Crippen LogP contribution in [0.2, 0.25) is 0 Å². The minimum Gasteiger partial charge on any atom is -0.492 e. The van der Waals surface area contributed by atoms with Gasteiger partial charge in [-0.05, 0) is 6.07 Å². The van der Waals surface area contributed by atoms with E-state index in [1.807, 2.05) is 0 Å². The number of hydrogen-bond acceptors (Lipinski definition) is 3. The van der Waals surface area contributed by atoms with Crippen LogP contribution < -0.4 is 10.5 Å². The maximum Gasteiger partial charge on any atom is 0.267 e. The Labute approximate surface area is 72.3 Å². The summed E-state index contributed by atoms with van der Waals surface area (Å²) in [4.78, 5) is 3.07. The monoisotopic (exact) mass is 192 g/mol. The first-order valence-electron chi connectivity index (χ1n) is 3.34. The van der Waals surface area contributed by atoms with Crippen molar-refractivity contribution >= 4 is 5.82 Å². The van der Waals surface area contributed by atoms with Crippen LogP contribution in [-0.4, -0.2) is 12.1 Å². The number of methoxy groups -OCH3 is 1. The summed E-state index contributed by atoms with van der Waals surface area (Å²) in [6.45, 7) is 0. The molecule has 13 heavy (non-hydrogen) atoms. The Morgan fingerprint density at radius 1 is 1.54 bits per heavy atom. The van der Waals surface area contributed by atoms with Crippen LogP contribution in [0.1, 0.15) is 12.0 Å². The lowest BCUT2D eigenvalue weighted by molar-refractivity contribution is 0.151. The van der Waals surface area contributed by atoms with Crippen LogP contribution >= 0.6 is 0 Å². The number of aromatic nitrogens is 1. The lowest BCUT2D eigenvalue weighted by Crippen LogP contribution is -2.02. The third kappa shape index (κ3) is 1.82. The van der Waals surface area contributed by atoms with Gasteiger partial charge in [-0.25, -0.2) is 8.78 Å². The molecular formula is C7H7F3N2O. The van der Waals surface area contributed by atoms with E-state index in [0.29, 0.717) is 0 Å². The first-order valence-corrected chi connectivity index (χ1v) is 3.34. The summed E-state index contributed by atoms with van der Waals surface area (Å²) < 4.78 is 41.6. The van der Waals surface area contributed by atoms with Gasteiger partial charge >= 0.3 is 0 Å². The molecule has 0 atom stereocenters. The summed E-state index contributed by atoms with van der Waals surface area (Å²) in [6, 6.07) is 0.836. The predicted octanol–water partition coefficient (Wildman–Crippen LogP) is 1.75. The van der Waals surface area contributed by atoms with E-state index in [0.717, 1.165) is 13.2 Å². The van der Waals surface area contributed by atoms with Crippen LogP contribution in [0.15, 0.2) is 6.07 Å². The number of nitrogens with two attached hydrogens (primary N) is 1. The average molecular weight is 192 g/mol. The number of alkyl halides is 2. The highest BCUT2D eigenvalue weighted by atomic mass is 19.3. The molecule has 1 heterocycles. The van der Waals surface area contributed by atoms with E-state index >= 15 is 0 Å². The van der Waals surface area contributed by atoms with Crippen LogP contribution in [0.25, 0.3) is 0 Å². The van der Waals surface area contributed by atoms with Gasteiger partial charge in [0.2, 0.25) is 0 Å². The zero-order valence-corrected chi connectivity index (χ0v) is 6.72. The van der Waals surface area contributed by atoms with Gasteiger partial charge in [-0.2, -0.15) is 9.37 Å². The molecule has 1 aromatic rings. The summed E-state index contributed by atoms with van der Waals surface area (Å²) in [7, 11) is 1.16. The lowest BCUT2D eigenvalue weighted by Gasteiger charge is -2.06. The quantitative estimate of drug-likeness (QED) is 0.726. The van der Waals surface area contributed by atoms with Crippen molar-refractivity contribution in [2.24, 2.45) is 0 Å². The third-order valence-electron chi connectivity index (χ3n) is 1.46. The molecule has 6 heteroatoms. The Morgan fingerprint density at radius 2 is 2.15 bits per heavy atom. The van der Waals surface area contributed by atoms with Crippen molar-refractivity contribution in [3.05, 3.63) is 17.6 Å². The molecule has 0 radical (unpaired) electrons. The Bertz CT molecular complexity index is 317. The number of nitrogens with zero attached hydrogens (tertiary/aromatic N) is 1. The van der Waals surface area contributed by atoms with E-state index in [9.17, 15) is 13.2 Å². The van der Waals surface area contributed by atoms with Gasteiger partial charge in [0.1, 0.15) is 5.82 Å². The predicted molar refractivity (Wildman–Crippen MR) is 40.1 cm³/mol. The highest BCUT2D eigenvalue weighted by Gasteiger charge is 2.16. The fraction of sp³-hybridized carbons (Fsp3) is 0.286. The summed E-state index contributed by atoms with van der Waals surface area (Å²) in [5.74, 6) is -1.86. The van der Waals surface area contributed by atoms with Gasteiger partial charge in [0, 0.05) is 0 Å². The highest BCUT2D eigenvalue weighted by molar-refractivity contribution is 5.44. The summed E-state index contributed by atoms with van der Waals surface area (Å²) in [5.41, 5.74) is 4.53. The van der Waals surface area contributed by atoms with Gasteiger partial charge in [0.15, 0.2) is 5.75 Å². The molecule has 0 spiro atoms. The first-order chi connectivity index (χ1) is 6.06. The summed E-state index contributed by atoms with van der Waals surface area (Å²) in [5, 5.41) is 0. The molecule has 0 aliphatic carbocycles. The van der Waals surface area contributed by atoms with Crippen molar-refractivity contribution in [1.82, 2.24) is 4.98 Å². The number of halogens is 3. The van der Waals surface area contributed by atoms with Crippen LogP contribution in [0, 0.1) is 5.95 Å². The third-order valence-corrected chi connectivity index (χ3v) is 1.46. The molecule has 0 saturated carbocycles. The average Bonchev–Trinajstić information content (AvgIpc) is 2.03. The maximum atomic E-state index is 12.7. The number of pyridine rings is 1. The Morgan fingerprint density at radius 3 is 2.62 bits per heavy atom. The van der Waals surface area contributed by atoms with Crippen molar-refractivity contribution in [2.75, 3.05) is 12.8 Å². The largest absolute Gasteiger partial charge is 0.492 e. The molecule has 0 aliphatic rings. The minimum absolute atomic E-state index is 0.343. The summed E-state index contributed by atoms with van der Waals surface area (Å²) in [6.07, 6.45) is -2.79. The molecule has 0 saturated heterocycles. The highest BCUT2D eigenvalue weighted by Crippen LogP contribution is 2.28. The van der Waals surface area contributed by atoms with E-state index in [-0.39, 0.29) is 5.75 Å². The zero-order chi connectivity index (χ0) is 10.0. The SMILES string of the molecule is COc1cc(C(F)F)c(N)nc1F. The second-order valence-corrected chi connectivity index (χ2v) is 2.26. The number of ether oxygens (including phenoxy) is 1. The number of anilines is 1. The fourth-order valence-corrected chi connectivity index (χ4v) is 0.818. The van der Waals surface area contributed by atoms with Crippen LogP contribution in [0.3, 0.4) is 0 Å². The van der Waals surface area contributed by atoms with Crippen LogP contribution in [0.4, 0.5) is 19.0 Å². The molecular weight excluding hydrogens is 185 g/mol. The van der Waals surface area contributed by atoms with E-state index in [1.54, 1.807) is 0 Å². The second kappa shape index (κ2) is 3.51. The van der Waals surface area contributed by atoms with E-state index in [4.69, 9.17) is 5.73 Å². The number of nitrogen functional groups attached to an aromatic ring is 1. The Kier molecular flexibility index (Phi) is 2.60. The normalized spacial score (nSPS) is 10.5. The number of hydrogen-bond donors (Lipinski definition) is 1. The van der Waals surface area contributed by atoms with E-state index in [2.05, 4.69) is 9.72 Å². The molecule has 1 rings (SSSR count). The molecule has 0 unspecified atom stereocenters. The van der Waals surface area contributed by atoms with Crippen molar-refractivity contribution in [1.29, 1.82) is 0 Å². The van der Waals surface area contributed by atoms with Crippen molar-refractivity contribution in [3.63, 3.8) is 0 Å². The fourth-order valence-electron chi connectivity index (χ4n) is 0.818. The molecule has 0 bridgehead atoms. The molecule has 72 valence electrons. The molecule has 0 aromatic carbocycles. The van der Waals surface area contributed by atoms with Gasteiger partial charge < -0.3 is 10.5 Å². The molecule has 1 aromatic heterocycles. The summed E-state index contributed by atoms with van der Waals surface area (Å²) >= 11 is 0. The second-order valence-electron chi connectivity index (χ2n) is 2.26. The Hall–Kier alpha value is -1.46. The van der Waals surface area contributed by atoms with Gasteiger partial charge in [0.05, 0.1) is 12.7 Å². The van der Waals surface area contributed by atoms with Gasteiger partial charge in [-0.3, -0.25) is 0 Å². The van der Waals surface area contributed by atoms with Crippen LogP contribution in [-0.2, 0) is 0 Å². The molecule has 3 nitrogen and oxygen atoms in total. The molecule has 0 amide bonds. The van der Waals surface area contributed by atoms with Gasteiger partial charge in [0.25, 0.3) is 12.4 Å². The molecule has 0 aliphatic heterocycles. The molecule has 2 N–H and O–H groups in total. The van der Waals surface area contributed by atoms with E-state index < -0.39 is 23.8 Å². The van der Waals surface area contributed by atoms with Crippen LogP contribution in [0.5, 0.6) is 5.75 Å². The van der Waals surface area contributed by atoms with Gasteiger partial charge in [-0.1, -0.05) is 0 Å². The topological polar surface area (TPSA) is 48.1 Å². The Balaban J connectivity index is 3.22. The van der Waals surface area contributed by atoms with Crippen molar-refractivity contribution < 1.29 is 17.9 Å². The van der Waals surface area contributed by atoms with Crippen molar-refractivity contribution in [2.45, 2.75) is 6.43 Å². The first kappa shape index (κ1) is 9.63. The number of rotatable bonds is 2. The maximum absolute atomic E-state index is 12.7. The molecule has 0 fully saturated rings. The zero-order valence-electron chi connectivity index (χ0n) is 6.72. The lowest BCUT2D eigenvalue weighted by atomic mass is 10.2. The van der Waals surface area contributed by atoms with Crippen molar-refractivity contribution in [3.8, 4) is 5.75 Å². The van der Waals surface area contributed by atoms with Gasteiger partial charge in [-0.15, -0.1) is 0 Å². The van der Waals surface area contributed by atoms with E-state index in [1.165, 1.54) is 0 Å². The standard InChI is InChI=1S/C7H7F3N2O/c1-13-4-2-3(5(8)9)7(11)12-6(4)10/h2,5H,1H3,(H2,11,12). The minimum atomic E-state index is -2.79.